The highest BCUT2D eigenvalue weighted by molar-refractivity contribution is 5.79. The molecule has 144 valence electrons. The van der Waals surface area contributed by atoms with E-state index in [1.54, 1.807) is 6.33 Å². The van der Waals surface area contributed by atoms with Gasteiger partial charge >= 0.3 is 0 Å². The topological polar surface area (TPSA) is 67.1 Å². The highest BCUT2D eigenvalue weighted by Gasteiger charge is 2.19. The third kappa shape index (κ3) is 4.04. The van der Waals surface area contributed by atoms with E-state index in [1.165, 1.54) is 0 Å². The maximum Gasteiger partial charge on any atom is 0.161 e. The van der Waals surface area contributed by atoms with E-state index >= 15 is 0 Å². The van der Waals surface area contributed by atoms with E-state index in [-0.39, 0.29) is 6.04 Å². The number of nitrogens with one attached hydrogen (secondary N) is 1. The third-order valence-corrected chi connectivity index (χ3v) is 4.87. The summed E-state index contributed by atoms with van der Waals surface area (Å²) < 4.78 is 0. The van der Waals surface area contributed by atoms with Crippen molar-refractivity contribution in [3.63, 3.8) is 0 Å². The Labute approximate surface area is 170 Å². The van der Waals surface area contributed by atoms with E-state index in [4.69, 9.17) is 5.73 Å². The normalized spacial score (nSPS) is 10.7. The van der Waals surface area contributed by atoms with Crippen LogP contribution in [0.2, 0.25) is 0 Å². The van der Waals surface area contributed by atoms with Gasteiger partial charge in [-0.2, -0.15) is 0 Å². The molecular formula is C24H23N5. The standard InChI is InChI=1S/C24H23N5/c1-29(20-15-9-4-10-16-20)24-21(25)23(26-17-27-24)28-22(18-11-5-2-6-12-18)19-13-7-3-8-14-19/h2-17,22H,25H2,1H3,(H,26,27,28). The van der Waals surface area contributed by atoms with Crippen molar-refractivity contribution in [3.05, 3.63) is 108 Å². The van der Waals surface area contributed by atoms with Crippen LogP contribution in [0.25, 0.3) is 0 Å². The zero-order valence-corrected chi connectivity index (χ0v) is 16.2. The molecule has 1 aromatic heterocycles. The molecule has 29 heavy (non-hydrogen) atoms. The summed E-state index contributed by atoms with van der Waals surface area (Å²) in [6, 6.07) is 30.5. The van der Waals surface area contributed by atoms with Crippen molar-refractivity contribution in [1.82, 2.24) is 9.97 Å². The smallest absolute Gasteiger partial charge is 0.161 e. The minimum absolute atomic E-state index is 0.0792. The SMILES string of the molecule is CN(c1ccccc1)c1ncnc(NC(c2ccccc2)c2ccccc2)c1N. The van der Waals surface area contributed by atoms with E-state index < -0.39 is 0 Å². The van der Waals surface area contributed by atoms with Gasteiger partial charge in [-0.3, -0.25) is 0 Å². The van der Waals surface area contributed by atoms with Gasteiger partial charge < -0.3 is 16.0 Å². The molecule has 0 radical (unpaired) electrons. The summed E-state index contributed by atoms with van der Waals surface area (Å²) in [6.07, 6.45) is 1.54. The first kappa shape index (κ1) is 18.5. The lowest BCUT2D eigenvalue weighted by atomic mass is 9.99. The summed E-state index contributed by atoms with van der Waals surface area (Å²) in [7, 11) is 1.95. The van der Waals surface area contributed by atoms with Gasteiger partial charge in [0.2, 0.25) is 0 Å². The number of rotatable bonds is 6. The molecule has 0 bridgehead atoms. The molecule has 0 unspecified atom stereocenters. The van der Waals surface area contributed by atoms with Crippen LogP contribution in [0.1, 0.15) is 17.2 Å². The minimum Gasteiger partial charge on any atom is -0.393 e. The van der Waals surface area contributed by atoms with Gasteiger partial charge in [0.1, 0.15) is 12.0 Å². The van der Waals surface area contributed by atoms with Crippen molar-refractivity contribution in [3.8, 4) is 0 Å². The highest BCUT2D eigenvalue weighted by Crippen LogP contribution is 2.33. The van der Waals surface area contributed by atoms with Gasteiger partial charge in [-0.15, -0.1) is 0 Å². The molecule has 0 atom stereocenters. The van der Waals surface area contributed by atoms with Gasteiger partial charge in [0.25, 0.3) is 0 Å². The Bertz CT molecular complexity index is 1010. The lowest BCUT2D eigenvalue weighted by Gasteiger charge is -2.24. The fourth-order valence-corrected chi connectivity index (χ4v) is 3.33. The van der Waals surface area contributed by atoms with Crippen LogP contribution in [-0.2, 0) is 0 Å². The first-order valence-electron chi connectivity index (χ1n) is 9.49. The first-order valence-corrected chi connectivity index (χ1v) is 9.49. The zero-order chi connectivity index (χ0) is 20.1. The monoisotopic (exact) mass is 381 g/mol. The van der Waals surface area contributed by atoms with E-state index in [0.29, 0.717) is 17.3 Å². The maximum atomic E-state index is 6.50. The van der Waals surface area contributed by atoms with Crippen molar-refractivity contribution in [2.75, 3.05) is 23.0 Å². The van der Waals surface area contributed by atoms with Crippen molar-refractivity contribution in [2.24, 2.45) is 0 Å². The Hall–Kier alpha value is -3.86. The largest absolute Gasteiger partial charge is 0.393 e. The van der Waals surface area contributed by atoms with Crippen molar-refractivity contribution < 1.29 is 0 Å². The van der Waals surface area contributed by atoms with E-state index in [0.717, 1.165) is 16.8 Å². The van der Waals surface area contributed by atoms with Crippen LogP contribution in [0.15, 0.2) is 97.3 Å². The van der Waals surface area contributed by atoms with Crippen LogP contribution < -0.4 is 16.0 Å². The number of anilines is 4. The van der Waals surface area contributed by atoms with Gasteiger partial charge in [-0.05, 0) is 23.3 Å². The molecule has 0 spiro atoms. The van der Waals surface area contributed by atoms with Crippen LogP contribution in [0.4, 0.5) is 23.0 Å². The summed E-state index contributed by atoms with van der Waals surface area (Å²) in [4.78, 5) is 10.8. The Morgan fingerprint density at radius 2 is 1.28 bits per heavy atom. The summed E-state index contributed by atoms with van der Waals surface area (Å²) in [6.45, 7) is 0. The number of para-hydroxylation sites is 1. The number of benzene rings is 3. The van der Waals surface area contributed by atoms with E-state index in [2.05, 4.69) is 39.6 Å². The fourth-order valence-electron chi connectivity index (χ4n) is 3.33. The predicted molar refractivity (Wildman–Crippen MR) is 119 cm³/mol. The molecule has 0 aliphatic rings. The number of nitrogens with zero attached hydrogens (tertiary/aromatic N) is 3. The van der Waals surface area contributed by atoms with Crippen LogP contribution in [-0.4, -0.2) is 17.0 Å². The molecule has 3 N–H and O–H groups in total. The Morgan fingerprint density at radius 3 is 1.83 bits per heavy atom. The second-order valence-electron chi connectivity index (χ2n) is 6.75. The average Bonchev–Trinajstić information content (AvgIpc) is 2.80. The highest BCUT2D eigenvalue weighted by atomic mass is 15.2. The van der Waals surface area contributed by atoms with Gasteiger partial charge in [0.05, 0.1) is 6.04 Å². The first-order chi connectivity index (χ1) is 14.2. The van der Waals surface area contributed by atoms with Crippen LogP contribution in [0.5, 0.6) is 0 Å². The van der Waals surface area contributed by atoms with Crippen LogP contribution >= 0.6 is 0 Å². The molecule has 4 aromatic rings. The van der Waals surface area contributed by atoms with Gasteiger partial charge in [-0.1, -0.05) is 78.9 Å². The molecule has 0 amide bonds. The van der Waals surface area contributed by atoms with E-state index in [9.17, 15) is 0 Å². The van der Waals surface area contributed by atoms with Gasteiger partial charge in [0, 0.05) is 12.7 Å². The number of nitrogens with two attached hydrogens (primary N) is 1. The quantitative estimate of drug-likeness (QED) is 0.490. The Balaban J connectivity index is 1.70. The molecule has 0 saturated heterocycles. The predicted octanol–water partition coefficient (Wildman–Crippen LogP) is 5.03. The van der Waals surface area contributed by atoms with Gasteiger partial charge in [0.15, 0.2) is 11.6 Å². The van der Waals surface area contributed by atoms with E-state index in [1.807, 2.05) is 78.7 Å². The molecule has 5 nitrogen and oxygen atoms in total. The lowest BCUT2D eigenvalue weighted by molar-refractivity contribution is 0.922. The minimum atomic E-state index is -0.0792. The van der Waals surface area contributed by atoms with Crippen LogP contribution in [0.3, 0.4) is 0 Å². The number of hydrogen-bond acceptors (Lipinski definition) is 5. The van der Waals surface area contributed by atoms with Gasteiger partial charge in [-0.25, -0.2) is 9.97 Å². The number of hydrogen-bond donors (Lipinski definition) is 2. The Morgan fingerprint density at radius 1 is 0.759 bits per heavy atom. The second kappa shape index (κ2) is 8.44. The average molecular weight is 381 g/mol. The second-order valence-corrected chi connectivity index (χ2v) is 6.75. The van der Waals surface area contributed by atoms with Crippen molar-refractivity contribution in [1.29, 1.82) is 0 Å². The fraction of sp³-hybridized carbons (Fsp3) is 0.0833. The molecule has 0 aliphatic heterocycles. The molecule has 0 aliphatic carbocycles. The molecule has 1 heterocycles. The molecule has 3 aromatic carbocycles. The molecular weight excluding hydrogens is 358 g/mol. The maximum absolute atomic E-state index is 6.50. The molecule has 5 heteroatoms. The lowest BCUT2D eigenvalue weighted by Crippen LogP contribution is -2.18. The zero-order valence-electron chi connectivity index (χ0n) is 16.2. The summed E-state index contributed by atoms with van der Waals surface area (Å²) in [5.74, 6) is 1.27. The summed E-state index contributed by atoms with van der Waals surface area (Å²) in [5, 5.41) is 3.52. The molecule has 4 rings (SSSR count). The summed E-state index contributed by atoms with van der Waals surface area (Å²) in [5.41, 5.74) is 10.3. The number of aromatic nitrogens is 2. The van der Waals surface area contributed by atoms with Crippen LogP contribution in [0, 0.1) is 0 Å². The summed E-state index contributed by atoms with van der Waals surface area (Å²) >= 11 is 0. The number of nitrogen functional groups attached to an aromatic ring is 1. The molecule has 0 fully saturated rings. The third-order valence-electron chi connectivity index (χ3n) is 4.87. The van der Waals surface area contributed by atoms with Crippen molar-refractivity contribution in [2.45, 2.75) is 6.04 Å². The van der Waals surface area contributed by atoms with Crippen molar-refractivity contribution >= 4 is 23.0 Å². The molecule has 0 saturated carbocycles. The Kier molecular flexibility index (Phi) is 5.38.